The molecule has 5 rings (SSSR count). The summed E-state index contributed by atoms with van der Waals surface area (Å²) in [6.07, 6.45) is -0.588. The van der Waals surface area contributed by atoms with E-state index in [0.717, 1.165) is 10.9 Å². The molecule has 0 saturated carbocycles. The molecule has 0 aliphatic heterocycles. The summed E-state index contributed by atoms with van der Waals surface area (Å²) in [6.45, 7) is 16.2. The van der Waals surface area contributed by atoms with Gasteiger partial charge in [-0.05, 0) is 98.2 Å². The lowest BCUT2D eigenvalue weighted by Crippen LogP contribution is -2.27. The molecule has 3 heterocycles. The van der Waals surface area contributed by atoms with Crippen LogP contribution >= 0.6 is 11.6 Å². The molecule has 0 fully saturated rings. The summed E-state index contributed by atoms with van der Waals surface area (Å²) in [5, 5.41) is 4.67. The Morgan fingerprint density at radius 2 is 1.63 bits per heavy atom. The number of carbonyl (C=O) groups excluding carboxylic acids is 2. The lowest BCUT2D eigenvalue weighted by molar-refractivity contribution is 0.00637. The Bertz CT molecular complexity index is 2060. The Morgan fingerprint density at radius 3 is 2.30 bits per heavy atom. The average Bonchev–Trinajstić information content (AvgIpc) is 3.33. The number of para-hydroxylation sites is 1. The zero-order valence-electron chi connectivity index (χ0n) is 27.5. The van der Waals surface area contributed by atoms with E-state index in [2.05, 4.69) is 10.3 Å². The van der Waals surface area contributed by atoms with Crippen molar-refractivity contribution in [3.05, 3.63) is 92.4 Å². The molecule has 2 aromatic carbocycles. The van der Waals surface area contributed by atoms with Crippen LogP contribution in [0.2, 0.25) is 5.15 Å². The quantitative estimate of drug-likeness (QED) is 0.149. The lowest BCUT2D eigenvalue weighted by atomic mass is 9.99. The maximum Gasteiger partial charge on any atom is 0.419 e. The zero-order valence-corrected chi connectivity index (χ0v) is 28.3. The van der Waals surface area contributed by atoms with E-state index >= 15 is 0 Å². The summed E-state index contributed by atoms with van der Waals surface area (Å²) < 4.78 is 19.4. The molecule has 10 heteroatoms. The highest BCUT2D eigenvalue weighted by Gasteiger charge is 2.28. The smallest absolute Gasteiger partial charge is 0.419 e. The maximum absolute atomic E-state index is 14.0. The molecule has 0 bridgehead atoms. The van der Waals surface area contributed by atoms with Gasteiger partial charge in [-0.3, -0.25) is 4.79 Å². The van der Waals surface area contributed by atoms with Gasteiger partial charge in [0, 0.05) is 16.5 Å². The predicted octanol–water partition coefficient (Wildman–Crippen LogP) is 8.99. The fourth-order valence-corrected chi connectivity index (χ4v) is 5.45. The van der Waals surface area contributed by atoms with Crippen molar-refractivity contribution < 1.29 is 23.5 Å². The number of carbonyl (C=O) groups is 2. The molecule has 0 saturated heterocycles. The number of aromatic nitrogens is 2. The van der Waals surface area contributed by atoms with E-state index in [4.69, 9.17) is 25.5 Å². The first kappa shape index (κ1) is 32.8. The van der Waals surface area contributed by atoms with E-state index in [1.54, 1.807) is 66.7 Å². The number of hydrogen-bond acceptors (Lipinski definition) is 8. The molecule has 1 N–H and O–H groups in total. The molecular weight excluding hydrogens is 606 g/mol. The standard InChI is InChI=1S/C36H38ClN3O6/c1-19-16-23(21(3)38-25-14-15-28(37)39-29(25)33(42)45-35(4,5)6)32-24(17-19)30(41)20(2)31(44-32)27-18-22-12-10-11-13-26(22)40(27)34(43)46-36(7,8)9/h10-18,21,38H,1-9H3/t21-/m1/s1. The summed E-state index contributed by atoms with van der Waals surface area (Å²) in [4.78, 5) is 44.8. The normalized spacial score (nSPS) is 12.7. The third-order valence-corrected chi connectivity index (χ3v) is 7.41. The van der Waals surface area contributed by atoms with Crippen molar-refractivity contribution in [1.82, 2.24) is 9.55 Å². The molecule has 1 atom stereocenters. The van der Waals surface area contributed by atoms with Gasteiger partial charge in [0.25, 0.3) is 0 Å². The molecule has 0 aliphatic carbocycles. The summed E-state index contributed by atoms with van der Waals surface area (Å²) in [7, 11) is 0. The number of aryl methyl sites for hydroxylation is 1. The highest BCUT2D eigenvalue weighted by atomic mass is 35.5. The lowest BCUT2D eigenvalue weighted by Gasteiger charge is -2.23. The number of nitrogens with one attached hydrogen (secondary N) is 1. The molecule has 0 spiro atoms. The van der Waals surface area contributed by atoms with Crippen molar-refractivity contribution in [1.29, 1.82) is 0 Å². The average molecular weight is 644 g/mol. The van der Waals surface area contributed by atoms with Crippen LogP contribution in [0.25, 0.3) is 33.3 Å². The highest BCUT2D eigenvalue weighted by molar-refractivity contribution is 6.29. The van der Waals surface area contributed by atoms with Crippen LogP contribution in [-0.2, 0) is 9.47 Å². The van der Waals surface area contributed by atoms with Crippen LogP contribution in [0.15, 0.2) is 63.8 Å². The Balaban J connectivity index is 1.68. The van der Waals surface area contributed by atoms with E-state index in [9.17, 15) is 14.4 Å². The SMILES string of the molecule is Cc1cc([C@@H](C)Nc2ccc(Cl)nc2C(=O)OC(C)(C)C)c2oc(-c3cc4ccccc4n3C(=O)OC(C)(C)C)c(C)c(=O)c2c1. The monoisotopic (exact) mass is 643 g/mol. The highest BCUT2D eigenvalue weighted by Crippen LogP contribution is 2.36. The summed E-state index contributed by atoms with van der Waals surface area (Å²) in [5.74, 6) is -0.377. The van der Waals surface area contributed by atoms with Crippen LogP contribution in [-0.4, -0.2) is 32.8 Å². The Kier molecular flexibility index (Phi) is 8.51. The number of anilines is 1. The second-order valence-electron chi connectivity index (χ2n) is 13.4. The molecule has 9 nitrogen and oxygen atoms in total. The summed E-state index contributed by atoms with van der Waals surface area (Å²) in [5.41, 5.74) is 1.95. The van der Waals surface area contributed by atoms with E-state index in [-0.39, 0.29) is 22.0 Å². The summed E-state index contributed by atoms with van der Waals surface area (Å²) in [6, 6.07) is 15.7. The van der Waals surface area contributed by atoms with Gasteiger partial charge in [0.1, 0.15) is 21.9 Å². The molecule has 0 unspecified atom stereocenters. The van der Waals surface area contributed by atoms with Gasteiger partial charge in [0.05, 0.1) is 28.3 Å². The van der Waals surface area contributed by atoms with Crippen molar-refractivity contribution >= 4 is 51.2 Å². The number of hydrogen-bond donors (Lipinski definition) is 1. The minimum atomic E-state index is -0.751. The number of esters is 1. The number of rotatable bonds is 5. The van der Waals surface area contributed by atoms with Crippen molar-refractivity contribution in [2.45, 2.75) is 79.6 Å². The second-order valence-corrected chi connectivity index (χ2v) is 13.8. The van der Waals surface area contributed by atoms with Gasteiger partial charge in [0.15, 0.2) is 16.9 Å². The van der Waals surface area contributed by atoms with Crippen LogP contribution in [0.3, 0.4) is 0 Å². The van der Waals surface area contributed by atoms with Crippen LogP contribution in [0.5, 0.6) is 0 Å². The molecule has 240 valence electrons. The van der Waals surface area contributed by atoms with E-state index in [1.807, 2.05) is 50.2 Å². The van der Waals surface area contributed by atoms with Crippen molar-refractivity contribution in [2.24, 2.45) is 0 Å². The number of ether oxygens (including phenoxy) is 2. The second kappa shape index (κ2) is 11.9. The van der Waals surface area contributed by atoms with E-state index in [1.165, 1.54) is 4.57 Å². The van der Waals surface area contributed by atoms with Gasteiger partial charge in [-0.1, -0.05) is 35.9 Å². The number of nitrogens with zero attached hydrogens (tertiary/aromatic N) is 2. The Morgan fingerprint density at radius 1 is 0.957 bits per heavy atom. The van der Waals surface area contributed by atoms with Gasteiger partial charge >= 0.3 is 12.1 Å². The van der Waals surface area contributed by atoms with Crippen molar-refractivity contribution in [3.8, 4) is 11.5 Å². The Labute approximate surface area is 272 Å². The van der Waals surface area contributed by atoms with E-state index < -0.39 is 29.3 Å². The van der Waals surface area contributed by atoms with Gasteiger partial charge in [0.2, 0.25) is 0 Å². The number of fused-ring (bicyclic) bond motifs is 2. The first-order chi connectivity index (χ1) is 21.4. The van der Waals surface area contributed by atoms with Crippen LogP contribution in [0.1, 0.15) is 81.7 Å². The molecule has 46 heavy (non-hydrogen) atoms. The van der Waals surface area contributed by atoms with Crippen molar-refractivity contribution in [2.75, 3.05) is 5.32 Å². The molecule has 5 aromatic rings. The molecule has 0 amide bonds. The number of halogens is 1. The Hall–Kier alpha value is -4.63. The van der Waals surface area contributed by atoms with Gasteiger partial charge in [-0.2, -0.15) is 0 Å². The molecule has 0 radical (unpaired) electrons. The molecule has 0 aliphatic rings. The van der Waals surface area contributed by atoms with Crippen molar-refractivity contribution in [3.63, 3.8) is 0 Å². The minimum Gasteiger partial charge on any atom is -0.455 e. The summed E-state index contributed by atoms with van der Waals surface area (Å²) >= 11 is 6.16. The van der Waals surface area contributed by atoms with E-state index in [0.29, 0.717) is 39.0 Å². The van der Waals surface area contributed by atoms with Gasteiger partial charge in [-0.25, -0.2) is 19.1 Å². The molecule has 3 aromatic heterocycles. The van der Waals surface area contributed by atoms with Gasteiger partial charge in [-0.15, -0.1) is 0 Å². The number of benzene rings is 2. The van der Waals surface area contributed by atoms with Gasteiger partial charge < -0.3 is 19.2 Å². The fraction of sp³-hybridized carbons (Fsp3) is 0.333. The van der Waals surface area contributed by atoms with Crippen LogP contribution < -0.4 is 10.7 Å². The first-order valence-corrected chi connectivity index (χ1v) is 15.4. The first-order valence-electron chi connectivity index (χ1n) is 15.0. The third kappa shape index (κ3) is 6.65. The maximum atomic E-state index is 14.0. The van der Waals surface area contributed by atoms with Crippen LogP contribution in [0.4, 0.5) is 10.5 Å². The molecular formula is C36H38ClN3O6. The topological polar surface area (TPSA) is 113 Å². The minimum absolute atomic E-state index is 0.0334. The largest absolute Gasteiger partial charge is 0.455 e. The third-order valence-electron chi connectivity index (χ3n) is 7.20. The van der Waals surface area contributed by atoms with Crippen LogP contribution in [0, 0.1) is 13.8 Å². The fourth-order valence-electron chi connectivity index (χ4n) is 5.30. The zero-order chi connectivity index (χ0) is 33.7. The predicted molar refractivity (Wildman–Crippen MR) is 181 cm³/mol. The number of pyridine rings is 1.